The summed E-state index contributed by atoms with van der Waals surface area (Å²) in [5, 5.41) is 0. The van der Waals surface area contributed by atoms with Crippen molar-refractivity contribution in [1.82, 2.24) is 9.97 Å². The van der Waals surface area contributed by atoms with Crippen molar-refractivity contribution in [3.05, 3.63) is 29.6 Å². The summed E-state index contributed by atoms with van der Waals surface area (Å²) in [5.41, 5.74) is 9.33. The first-order valence-electron chi connectivity index (χ1n) is 6.01. The van der Waals surface area contributed by atoms with Gasteiger partial charge in [0.1, 0.15) is 5.82 Å². The average molecular weight is 231 g/mol. The molecule has 2 heterocycles. The third-order valence-electron chi connectivity index (χ3n) is 3.49. The first kappa shape index (κ1) is 10.7. The molecule has 1 aliphatic heterocycles. The van der Waals surface area contributed by atoms with Crippen LogP contribution >= 0.6 is 0 Å². The highest BCUT2D eigenvalue weighted by molar-refractivity contribution is 5.76. The van der Waals surface area contributed by atoms with E-state index in [2.05, 4.69) is 29.0 Å². The highest BCUT2D eigenvalue weighted by atomic mass is 16.5. The average Bonchev–Trinajstić information content (AvgIpc) is 2.73. The van der Waals surface area contributed by atoms with Gasteiger partial charge in [0.15, 0.2) is 0 Å². The molecule has 17 heavy (non-hydrogen) atoms. The Balaban J connectivity index is 2.05. The Kier molecular flexibility index (Phi) is 2.42. The minimum atomic E-state index is -0.356. The van der Waals surface area contributed by atoms with Gasteiger partial charge < -0.3 is 15.5 Å². The number of nitrogens with one attached hydrogen (secondary N) is 1. The van der Waals surface area contributed by atoms with Gasteiger partial charge in [-0.25, -0.2) is 4.98 Å². The van der Waals surface area contributed by atoms with Crippen molar-refractivity contribution in [2.24, 2.45) is 5.73 Å². The molecule has 0 amide bonds. The number of nitrogens with two attached hydrogens (primary N) is 1. The summed E-state index contributed by atoms with van der Waals surface area (Å²) < 4.78 is 5.36. The molecule has 1 saturated heterocycles. The van der Waals surface area contributed by atoms with E-state index in [1.54, 1.807) is 0 Å². The van der Waals surface area contributed by atoms with Crippen LogP contribution in [0.3, 0.4) is 0 Å². The molecule has 0 unspecified atom stereocenters. The predicted molar refractivity (Wildman–Crippen MR) is 66.7 cm³/mol. The topological polar surface area (TPSA) is 63.9 Å². The number of benzene rings is 1. The molecule has 0 aliphatic carbocycles. The summed E-state index contributed by atoms with van der Waals surface area (Å²) in [6.07, 6.45) is 1.65. The largest absolute Gasteiger partial charge is 0.381 e. The van der Waals surface area contributed by atoms with E-state index in [0.29, 0.717) is 13.2 Å². The van der Waals surface area contributed by atoms with Crippen molar-refractivity contribution in [1.29, 1.82) is 0 Å². The standard InChI is InChI=1S/C13H17N3O/c1-9-2-3-10-11(8-9)16-12(15-10)13(14)4-6-17-7-5-13/h2-3,8H,4-7,14H2,1H3,(H,15,16). The van der Waals surface area contributed by atoms with Crippen LogP contribution in [0.25, 0.3) is 11.0 Å². The van der Waals surface area contributed by atoms with Crippen molar-refractivity contribution in [3.63, 3.8) is 0 Å². The van der Waals surface area contributed by atoms with Crippen LogP contribution in [0, 0.1) is 6.92 Å². The summed E-state index contributed by atoms with van der Waals surface area (Å²) in [6, 6.07) is 6.21. The number of aryl methyl sites for hydroxylation is 1. The molecule has 0 radical (unpaired) electrons. The molecule has 1 fully saturated rings. The van der Waals surface area contributed by atoms with E-state index >= 15 is 0 Å². The van der Waals surface area contributed by atoms with E-state index in [0.717, 1.165) is 29.7 Å². The quantitative estimate of drug-likeness (QED) is 0.787. The zero-order valence-corrected chi connectivity index (χ0v) is 9.99. The van der Waals surface area contributed by atoms with Gasteiger partial charge in [-0.15, -0.1) is 0 Å². The van der Waals surface area contributed by atoms with Gasteiger partial charge in [-0.1, -0.05) is 6.07 Å². The van der Waals surface area contributed by atoms with E-state index in [-0.39, 0.29) is 5.54 Å². The Morgan fingerprint density at radius 2 is 2.12 bits per heavy atom. The molecule has 1 aromatic carbocycles. The van der Waals surface area contributed by atoms with E-state index in [1.165, 1.54) is 5.56 Å². The smallest absolute Gasteiger partial charge is 0.127 e. The first-order valence-corrected chi connectivity index (χ1v) is 6.01. The third kappa shape index (κ3) is 1.83. The fourth-order valence-corrected chi connectivity index (χ4v) is 2.33. The van der Waals surface area contributed by atoms with Crippen molar-refractivity contribution in [2.45, 2.75) is 25.3 Å². The molecule has 1 aromatic heterocycles. The number of hydrogen-bond acceptors (Lipinski definition) is 3. The highest BCUT2D eigenvalue weighted by Crippen LogP contribution is 2.28. The van der Waals surface area contributed by atoms with Gasteiger partial charge >= 0.3 is 0 Å². The minimum Gasteiger partial charge on any atom is -0.381 e. The van der Waals surface area contributed by atoms with Crippen molar-refractivity contribution >= 4 is 11.0 Å². The number of hydrogen-bond donors (Lipinski definition) is 2. The summed E-state index contributed by atoms with van der Waals surface area (Å²) in [6.45, 7) is 3.51. The monoisotopic (exact) mass is 231 g/mol. The second-order valence-corrected chi connectivity index (χ2v) is 4.87. The summed E-state index contributed by atoms with van der Waals surface area (Å²) >= 11 is 0. The van der Waals surface area contributed by atoms with E-state index < -0.39 is 0 Å². The van der Waals surface area contributed by atoms with Gasteiger partial charge in [-0.05, 0) is 37.5 Å². The predicted octanol–water partition coefficient (Wildman–Crippen LogP) is 1.84. The SMILES string of the molecule is Cc1ccc2nc(C3(N)CCOCC3)[nH]c2c1. The number of H-pyrrole nitrogens is 1. The van der Waals surface area contributed by atoms with Gasteiger partial charge in [0.05, 0.1) is 16.6 Å². The van der Waals surface area contributed by atoms with Crippen LogP contribution in [-0.2, 0) is 10.3 Å². The van der Waals surface area contributed by atoms with Crippen molar-refractivity contribution in [2.75, 3.05) is 13.2 Å². The third-order valence-corrected chi connectivity index (χ3v) is 3.49. The number of rotatable bonds is 1. The molecule has 3 N–H and O–H groups in total. The lowest BCUT2D eigenvalue weighted by atomic mass is 9.91. The Morgan fingerprint density at radius 3 is 2.88 bits per heavy atom. The Bertz CT molecular complexity index is 541. The van der Waals surface area contributed by atoms with Crippen LogP contribution in [0.2, 0.25) is 0 Å². The molecule has 4 heteroatoms. The Hall–Kier alpha value is -1.39. The zero-order valence-electron chi connectivity index (χ0n) is 9.99. The van der Waals surface area contributed by atoms with E-state index in [4.69, 9.17) is 10.5 Å². The summed E-state index contributed by atoms with van der Waals surface area (Å²) in [5.74, 6) is 0.890. The fraction of sp³-hybridized carbons (Fsp3) is 0.462. The van der Waals surface area contributed by atoms with E-state index in [1.807, 2.05) is 6.07 Å². The number of aromatic amines is 1. The second kappa shape index (κ2) is 3.82. The van der Waals surface area contributed by atoms with Gasteiger partial charge in [0.25, 0.3) is 0 Å². The van der Waals surface area contributed by atoms with Crippen LogP contribution < -0.4 is 5.73 Å². The van der Waals surface area contributed by atoms with Gasteiger partial charge in [-0.3, -0.25) is 0 Å². The zero-order chi connectivity index (χ0) is 11.9. The van der Waals surface area contributed by atoms with Crippen molar-refractivity contribution in [3.8, 4) is 0 Å². The lowest BCUT2D eigenvalue weighted by Gasteiger charge is -2.31. The van der Waals surface area contributed by atoms with Crippen LogP contribution in [0.1, 0.15) is 24.2 Å². The molecule has 1 aliphatic rings. The van der Waals surface area contributed by atoms with Gasteiger partial charge in [-0.2, -0.15) is 0 Å². The number of aromatic nitrogens is 2. The molecule has 3 rings (SSSR count). The summed E-state index contributed by atoms with van der Waals surface area (Å²) in [4.78, 5) is 7.97. The fourth-order valence-electron chi connectivity index (χ4n) is 2.33. The molecular weight excluding hydrogens is 214 g/mol. The molecule has 90 valence electrons. The number of nitrogens with zero attached hydrogens (tertiary/aromatic N) is 1. The maximum Gasteiger partial charge on any atom is 0.127 e. The van der Waals surface area contributed by atoms with Gasteiger partial charge in [0, 0.05) is 13.2 Å². The highest BCUT2D eigenvalue weighted by Gasteiger charge is 2.32. The van der Waals surface area contributed by atoms with Crippen LogP contribution in [0.4, 0.5) is 0 Å². The maximum atomic E-state index is 6.41. The number of fused-ring (bicyclic) bond motifs is 1. The molecule has 0 bridgehead atoms. The Morgan fingerprint density at radius 1 is 1.35 bits per heavy atom. The van der Waals surface area contributed by atoms with Crippen LogP contribution in [0.15, 0.2) is 18.2 Å². The van der Waals surface area contributed by atoms with Crippen LogP contribution in [-0.4, -0.2) is 23.2 Å². The maximum absolute atomic E-state index is 6.41. The lowest BCUT2D eigenvalue weighted by Crippen LogP contribution is -2.43. The molecule has 0 spiro atoms. The number of imidazole rings is 1. The second-order valence-electron chi connectivity index (χ2n) is 4.87. The molecule has 0 saturated carbocycles. The number of ether oxygens (including phenoxy) is 1. The lowest BCUT2D eigenvalue weighted by molar-refractivity contribution is 0.0496. The van der Waals surface area contributed by atoms with Gasteiger partial charge in [0.2, 0.25) is 0 Å². The summed E-state index contributed by atoms with van der Waals surface area (Å²) in [7, 11) is 0. The minimum absolute atomic E-state index is 0.356. The van der Waals surface area contributed by atoms with E-state index in [9.17, 15) is 0 Å². The Labute approximate surface area is 100 Å². The molecule has 2 aromatic rings. The molecule has 0 atom stereocenters. The normalized spacial score (nSPS) is 19.6. The molecular formula is C13H17N3O. The van der Waals surface area contributed by atoms with Crippen molar-refractivity contribution < 1.29 is 4.74 Å². The first-order chi connectivity index (χ1) is 8.17. The molecule has 4 nitrogen and oxygen atoms in total. The van der Waals surface area contributed by atoms with Crippen LogP contribution in [0.5, 0.6) is 0 Å².